The molecule has 3 atom stereocenters. The van der Waals surface area contributed by atoms with Crippen LogP contribution in [-0.4, -0.2) is 23.1 Å². The molecular formula is C10H14O4. The number of hydrogen-bond acceptors (Lipinski definition) is 3. The van der Waals surface area contributed by atoms with E-state index < -0.39 is 17.4 Å². The third-order valence-corrected chi connectivity index (χ3v) is 3.57. The molecule has 1 saturated heterocycles. The van der Waals surface area contributed by atoms with Crippen LogP contribution in [0.4, 0.5) is 0 Å². The van der Waals surface area contributed by atoms with Crippen molar-refractivity contribution < 1.29 is 19.4 Å². The zero-order valence-corrected chi connectivity index (χ0v) is 8.16. The fourth-order valence-corrected chi connectivity index (χ4v) is 2.56. The van der Waals surface area contributed by atoms with Crippen LogP contribution in [0.15, 0.2) is 0 Å². The van der Waals surface area contributed by atoms with E-state index in [1.54, 1.807) is 0 Å². The van der Waals surface area contributed by atoms with Crippen molar-refractivity contribution >= 4 is 11.9 Å². The van der Waals surface area contributed by atoms with E-state index in [1.807, 2.05) is 0 Å². The van der Waals surface area contributed by atoms with Crippen LogP contribution in [0.5, 0.6) is 0 Å². The Bertz CT molecular complexity index is 286. The van der Waals surface area contributed by atoms with Crippen LogP contribution >= 0.6 is 0 Å². The number of carboxylic acids is 1. The van der Waals surface area contributed by atoms with E-state index in [0.29, 0.717) is 0 Å². The van der Waals surface area contributed by atoms with Crippen molar-refractivity contribution in [3.63, 3.8) is 0 Å². The fraction of sp³-hybridized carbons (Fsp3) is 0.800. The van der Waals surface area contributed by atoms with Gasteiger partial charge in [0.15, 0.2) is 5.41 Å². The largest absolute Gasteiger partial charge is 0.480 e. The van der Waals surface area contributed by atoms with Gasteiger partial charge in [-0.05, 0) is 26.2 Å². The van der Waals surface area contributed by atoms with Gasteiger partial charge in [-0.15, -0.1) is 0 Å². The first kappa shape index (κ1) is 9.49. The Balaban J connectivity index is 2.32. The van der Waals surface area contributed by atoms with Crippen molar-refractivity contribution in [1.82, 2.24) is 0 Å². The first-order valence-corrected chi connectivity index (χ1v) is 5.01. The maximum atomic E-state index is 11.5. The van der Waals surface area contributed by atoms with E-state index in [2.05, 4.69) is 0 Å². The van der Waals surface area contributed by atoms with Gasteiger partial charge in [0.2, 0.25) is 0 Å². The molecule has 3 unspecified atom stereocenters. The van der Waals surface area contributed by atoms with Gasteiger partial charge in [-0.3, -0.25) is 9.59 Å². The average molecular weight is 198 g/mol. The minimum absolute atomic E-state index is 0.124. The number of carbonyl (C=O) groups excluding carboxylic acids is 1. The molecule has 1 aliphatic carbocycles. The van der Waals surface area contributed by atoms with Crippen molar-refractivity contribution in [3.05, 3.63) is 0 Å². The molecule has 2 rings (SSSR count). The molecule has 2 aliphatic rings. The number of aliphatic carboxylic acids is 1. The van der Waals surface area contributed by atoms with Gasteiger partial charge < -0.3 is 9.84 Å². The van der Waals surface area contributed by atoms with Gasteiger partial charge >= 0.3 is 11.9 Å². The maximum Gasteiger partial charge on any atom is 0.323 e. The molecule has 0 spiro atoms. The Hall–Kier alpha value is -1.06. The monoisotopic (exact) mass is 198 g/mol. The highest BCUT2D eigenvalue weighted by Crippen LogP contribution is 2.46. The predicted molar refractivity (Wildman–Crippen MR) is 47.6 cm³/mol. The molecule has 0 aromatic rings. The van der Waals surface area contributed by atoms with Crippen molar-refractivity contribution in [2.75, 3.05) is 0 Å². The zero-order chi connectivity index (χ0) is 10.3. The summed E-state index contributed by atoms with van der Waals surface area (Å²) in [6.45, 7) is 1.49. The lowest BCUT2D eigenvalue weighted by Gasteiger charge is -2.28. The molecule has 0 radical (unpaired) electrons. The lowest BCUT2D eigenvalue weighted by Crippen LogP contribution is -2.40. The van der Waals surface area contributed by atoms with Crippen LogP contribution in [0.25, 0.3) is 0 Å². The molecule has 78 valence electrons. The number of carbonyl (C=O) groups is 2. The molecule has 2 fully saturated rings. The maximum absolute atomic E-state index is 11.5. The van der Waals surface area contributed by atoms with Gasteiger partial charge in [-0.25, -0.2) is 0 Å². The fourth-order valence-electron chi connectivity index (χ4n) is 2.56. The van der Waals surface area contributed by atoms with Gasteiger partial charge in [0.05, 0.1) is 0 Å². The van der Waals surface area contributed by atoms with Crippen LogP contribution in [0, 0.1) is 11.3 Å². The van der Waals surface area contributed by atoms with Crippen LogP contribution < -0.4 is 0 Å². The minimum Gasteiger partial charge on any atom is -0.480 e. The van der Waals surface area contributed by atoms with Crippen LogP contribution in [-0.2, 0) is 14.3 Å². The molecule has 0 aromatic heterocycles. The Morgan fingerprint density at radius 1 is 1.50 bits per heavy atom. The predicted octanol–water partition coefficient (Wildman–Crippen LogP) is 1.19. The minimum atomic E-state index is -1.30. The first-order valence-electron chi connectivity index (χ1n) is 5.01. The lowest BCUT2D eigenvalue weighted by molar-refractivity contribution is -0.160. The molecular weight excluding hydrogens is 184 g/mol. The third kappa shape index (κ3) is 1.06. The van der Waals surface area contributed by atoms with Crippen molar-refractivity contribution in [3.8, 4) is 0 Å². The zero-order valence-electron chi connectivity index (χ0n) is 8.16. The molecule has 14 heavy (non-hydrogen) atoms. The molecule has 1 N–H and O–H groups in total. The van der Waals surface area contributed by atoms with E-state index in [9.17, 15) is 9.59 Å². The summed E-state index contributed by atoms with van der Waals surface area (Å²) in [7, 11) is 0. The Morgan fingerprint density at radius 3 is 2.79 bits per heavy atom. The third-order valence-electron chi connectivity index (χ3n) is 3.57. The van der Waals surface area contributed by atoms with Crippen LogP contribution in [0.3, 0.4) is 0 Å². The summed E-state index contributed by atoms with van der Waals surface area (Å²) in [6, 6.07) is 0. The second kappa shape index (κ2) is 2.97. The number of esters is 1. The van der Waals surface area contributed by atoms with E-state index >= 15 is 0 Å². The number of carboxylic acid groups (broad SMARTS) is 1. The van der Waals surface area contributed by atoms with E-state index in [-0.39, 0.29) is 12.0 Å². The van der Waals surface area contributed by atoms with Gasteiger partial charge in [-0.1, -0.05) is 6.42 Å². The summed E-state index contributed by atoms with van der Waals surface area (Å²) in [5.74, 6) is -1.72. The SMILES string of the molecule is CC1(C(=O)O)C(=O)OC2CCCCC21. The van der Waals surface area contributed by atoms with E-state index in [4.69, 9.17) is 9.84 Å². The first-order chi connectivity index (χ1) is 6.56. The van der Waals surface area contributed by atoms with Crippen molar-refractivity contribution in [2.45, 2.75) is 38.7 Å². The second-order valence-electron chi connectivity index (χ2n) is 4.34. The highest BCUT2D eigenvalue weighted by atomic mass is 16.6. The van der Waals surface area contributed by atoms with E-state index in [0.717, 1.165) is 25.7 Å². The summed E-state index contributed by atoms with van der Waals surface area (Å²) < 4.78 is 5.12. The molecule has 0 amide bonds. The smallest absolute Gasteiger partial charge is 0.323 e. The summed E-state index contributed by atoms with van der Waals surface area (Å²) in [6.07, 6.45) is 3.49. The summed E-state index contributed by atoms with van der Waals surface area (Å²) in [5, 5.41) is 9.08. The summed E-state index contributed by atoms with van der Waals surface area (Å²) in [5.41, 5.74) is -1.30. The van der Waals surface area contributed by atoms with Crippen molar-refractivity contribution in [2.24, 2.45) is 11.3 Å². The average Bonchev–Trinajstić information content (AvgIpc) is 2.41. The standard InChI is InChI=1S/C10H14O4/c1-10(8(11)12)6-4-2-3-5-7(6)14-9(10)13/h6-7H,2-5H2,1H3,(H,11,12). The van der Waals surface area contributed by atoms with E-state index in [1.165, 1.54) is 6.92 Å². The molecule has 1 heterocycles. The quantitative estimate of drug-likeness (QED) is 0.507. The number of hydrogen-bond donors (Lipinski definition) is 1. The van der Waals surface area contributed by atoms with Crippen LogP contribution in [0.1, 0.15) is 32.6 Å². The van der Waals surface area contributed by atoms with Gasteiger partial charge in [0, 0.05) is 5.92 Å². The highest BCUT2D eigenvalue weighted by Gasteiger charge is 2.59. The highest BCUT2D eigenvalue weighted by molar-refractivity contribution is 6.00. The molecule has 4 heteroatoms. The van der Waals surface area contributed by atoms with Gasteiger partial charge in [0.1, 0.15) is 6.10 Å². The summed E-state index contributed by atoms with van der Waals surface area (Å²) in [4.78, 5) is 22.6. The second-order valence-corrected chi connectivity index (χ2v) is 4.34. The van der Waals surface area contributed by atoms with Crippen LogP contribution in [0.2, 0.25) is 0 Å². The normalized spacial score (nSPS) is 41.6. The number of rotatable bonds is 1. The Labute approximate surface area is 82.2 Å². The van der Waals surface area contributed by atoms with Crippen molar-refractivity contribution in [1.29, 1.82) is 0 Å². The van der Waals surface area contributed by atoms with Gasteiger partial charge in [0.25, 0.3) is 0 Å². The Kier molecular flexibility index (Phi) is 2.01. The summed E-state index contributed by atoms with van der Waals surface area (Å²) >= 11 is 0. The number of ether oxygens (including phenoxy) is 1. The molecule has 4 nitrogen and oxygen atoms in total. The van der Waals surface area contributed by atoms with Gasteiger partial charge in [-0.2, -0.15) is 0 Å². The number of fused-ring (bicyclic) bond motifs is 1. The topological polar surface area (TPSA) is 63.6 Å². The molecule has 1 saturated carbocycles. The Morgan fingerprint density at radius 2 is 2.14 bits per heavy atom. The molecule has 0 bridgehead atoms. The molecule has 1 aliphatic heterocycles. The lowest BCUT2D eigenvalue weighted by atomic mass is 9.71. The molecule has 0 aromatic carbocycles.